The summed E-state index contributed by atoms with van der Waals surface area (Å²) in [6.45, 7) is 3.01. The molecule has 0 unspecified atom stereocenters. The largest absolute Gasteiger partial charge is 0.378 e. The van der Waals surface area contributed by atoms with Crippen molar-refractivity contribution in [3.05, 3.63) is 52.8 Å². The number of rotatable bonds is 4. The Morgan fingerprint density at radius 1 is 1.31 bits per heavy atom. The molecular formula is C18H17ClN4O2S. The van der Waals surface area contributed by atoms with E-state index in [2.05, 4.69) is 15.2 Å². The maximum absolute atomic E-state index is 12.4. The zero-order chi connectivity index (χ0) is 17.9. The number of carbonyl (C=O) groups is 1. The Kier molecular flexibility index (Phi) is 4.92. The standard InChI is InChI=1S/C18H17ClN4O2S/c19-17-15(23-9-12-26-18(23)21-17)5-6-16(24)20-13-3-1-2-4-14(13)22-7-10-25-11-8-22/h1-6,9,12H,7-8,10-11H2,(H,20,24)/b6-5+. The van der Waals surface area contributed by atoms with E-state index < -0.39 is 0 Å². The normalized spacial score (nSPS) is 15.0. The molecule has 26 heavy (non-hydrogen) atoms. The van der Waals surface area contributed by atoms with Crippen LogP contribution in [0.4, 0.5) is 11.4 Å². The van der Waals surface area contributed by atoms with E-state index in [1.165, 1.54) is 17.4 Å². The van der Waals surface area contributed by atoms with Crippen LogP contribution in [-0.4, -0.2) is 41.6 Å². The third-order valence-electron chi connectivity index (χ3n) is 4.16. The molecule has 0 atom stereocenters. The number of fused-ring (bicyclic) bond motifs is 1. The van der Waals surface area contributed by atoms with E-state index in [-0.39, 0.29) is 5.91 Å². The number of carbonyl (C=O) groups excluding carboxylic acids is 1. The number of nitrogens with zero attached hydrogens (tertiary/aromatic N) is 3. The molecule has 0 saturated carbocycles. The highest BCUT2D eigenvalue weighted by molar-refractivity contribution is 7.15. The van der Waals surface area contributed by atoms with E-state index in [9.17, 15) is 4.79 Å². The highest BCUT2D eigenvalue weighted by atomic mass is 35.5. The Morgan fingerprint density at radius 3 is 2.96 bits per heavy atom. The molecule has 1 fully saturated rings. The summed E-state index contributed by atoms with van der Waals surface area (Å²) >= 11 is 7.65. The van der Waals surface area contributed by atoms with E-state index in [1.807, 2.05) is 40.2 Å². The minimum atomic E-state index is -0.216. The molecule has 0 radical (unpaired) electrons. The Morgan fingerprint density at radius 2 is 2.12 bits per heavy atom. The number of thiazole rings is 1. The summed E-state index contributed by atoms with van der Waals surface area (Å²) in [7, 11) is 0. The van der Waals surface area contributed by atoms with Gasteiger partial charge in [-0.1, -0.05) is 23.7 Å². The number of amides is 1. The molecule has 1 amide bonds. The zero-order valence-corrected chi connectivity index (χ0v) is 15.5. The molecule has 134 valence electrons. The van der Waals surface area contributed by atoms with Crippen LogP contribution < -0.4 is 10.2 Å². The van der Waals surface area contributed by atoms with Gasteiger partial charge in [-0.3, -0.25) is 9.20 Å². The minimum Gasteiger partial charge on any atom is -0.378 e. The highest BCUT2D eigenvalue weighted by Crippen LogP contribution is 2.27. The number of nitrogens with one attached hydrogen (secondary N) is 1. The molecule has 1 aliphatic heterocycles. The molecule has 0 aliphatic carbocycles. The fourth-order valence-corrected chi connectivity index (χ4v) is 3.92. The average Bonchev–Trinajstić information content (AvgIpc) is 3.22. The van der Waals surface area contributed by atoms with Crippen molar-refractivity contribution in [3.8, 4) is 0 Å². The third-order valence-corrected chi connectivity index (χ3v) is 5.20. The van der Waals surface area contributed by atoms with Crippen LogP contribution in [0.2, 0.25) is 5.15 Å². The highest BCUT2D eigenvalue weighted by Gasteiger charge is 2.15. The molecule has 8 heteroatoms. The van der Waals surface area contributed by atoms with E-state index in [0.29, 0.717) is 24.1 Å². The summed E-state index contributed by atoms with van der Waals surface area (Å²) < 4.78 is 7.26. The number of halogens is 1. The van der Waals surface area contributed by atoms with Crippen LogP contribution in [-0.2, 0) is 9.53 Å². The summed E-state index contributed by atoms with van der Waals surface area (Å²) in [5.41, 5.74) is 2.48. The van der Waals surface area contributed by atoms with Crippen LogP contribution in [0, 0.1) is 0 Å². The van der Waals surface area contributed by atoms with Gasteiger partial charge in [-0.15, -0.1) is 11.3 Å². The van der Waals surface area contributed by atoms with Crippen LogP contribution in [0.3, 0.4) is 0 Å². The third kappa shape index (κ3) is 3.46. The van der Waals surface area contributed by atoms with E-state index in [0.717, 1.165) is 29.4 Å². The Balaban J connectivity index is 1.52. The first-order valence-corrected chi connectivity index (χ1v) is 9.50. The Bertz CT molecular complexity index is 959. The van der Waals surface area contributed by atoms with Gasteiger partial charge in [0.2, 0.25) is 5.91 Å². The minimum absolute atomic E-state index is 0.216. The summed E-state index contributed by atoms with van der Waals surface area (Å²) in [5, 5.41) is 5.26. The van der Waals surface area contributed by atoms with Crippen LogP contribution in [0.25, 0.3) is 11.0 Å². The summed E-state index contributed by atoms with van der Waals surface area (Å²) in [6, 6.07) is 7.79. The fourth-order valence-electron chi connectivity index (χ4n) is 2.91. The molecule has 1 N–H and O–H groups in total. The van der Waals surface area contributed by atoms with E-state index >= 15 is 0 Å². The van der Waals surface area contributed by atoms with Gasteiger partial charge in [0.15, 0.2) is 10.1 Å². The average molecular weight is 389 g/mol. The number of ether oxygens (including phenoxy) is 1. The Hall–Kier alpha value is -2.35. The zero-order valence-electron chi connectivity index (χ0n) is 13.9. The second-order valence-electron chi connectivity index (χ2n) is 5.78. The lowest BCUT2D eigenvalue weighted by atomic mass is 10.2. The number of morpholine rings is 1. The summed E-state index contributed by atoms with van der Waals surface area (Å²) in [6.07, 6.45) is 5.04. The smallest absolute Gasteiger partial charge is 0.248 e. The molecule has 1 saturated heterocycles. The van der Waals surface area contributed by atoms with Gasteiger partial charge in [-0.05, 0) is 18.2 Å². The van der Waals surface area contributed by atoms with E-state index in [4.69, 9.17) is 16.3 Å². The van der Waals surface area contributed by atoms with Crippen LogP contribution in [0.5, 0.6) is 0 Å². The number of imidazole rings is 1. The number of hydrogen-bond donors (Lipinski definition) is 1. The van der Waals surface area contributed by atoms with Crippen molar-refractivity contribution in [2.45, 2.75) is 0 Å². The van der Waals surface area contributed by atoms with Crippen molar-refractivity contribution >= 4 is 51.3 Å². The van der Waals surface area contributed by atoms with Crippen LogP contribution in [0.15, 0.2) is 41.9 Å². The van der Waals surface area contributed by atoms with Gasteiger partial charge in [0.1, 0.15) is 0 Å². The molecule has 1 aliphatic rings. The van der Waals surface area contributed by atoms with Crippen molar-refractivity contribution in [2.24, 2.45) is 0 Å². The first-order valence-electron chi connectivity index (χ1n) is 8.24. The number of benzene rings is 1. The topological polar surface area (TPSA) is 58.9 Å². The van der Waals surface area contributed by atoms with Gasteiger partial charge in [0, 0.05) is 30.7 Å². The first-order chi connectivity index (χ1) is 12.7. The molecular weight excluding hydrogens is 372 g/mol. The first kappa shape index (κ1) is 17.1. The van der Waals surface area contributed by atoms with Gasteiger partial charge in [-0.2, -0.15) is 0 Å². The molecule has 3 heterocycles. The number of para-hydroxylation sites is 2. The second kappa shape index (κ2) is 7.49. The van der Waals surface area contributed by atoms with Gasteiger partial charge in [-0.25, -0.2) is 4.98 Å². The van der Waals surface area contributed by atoms with Gasteiger partial charge < -0.3 is 15.0 Å². The fraction of sp³-hybridized carbons (Fsp3) is 0.222. The SMILES string of the molecule is O=C(/C=C/c1c(Cl)nc2sccn12)Nc1ccccc1N1CCOCC1. The molecule has 3 aromatic rings. The second-order valence-corrected chi connectivity index (χ2v) is 7.01. The Labute approximate surface area is 159 Å². The lowest BCUT2D eigenvalue weighted by Crippen LogP contribution is -2.36. The molecule has 2 aromatic heterocycles. The quantitative estimate of drug-likeness (QED) is 0.694. The maximum Gasteiger partial charge on any atom is 0.248 e. The number of aromatic nitrogens is 2. The summed E-state index contributed by atoms with van der Waals surface area (Å²) in [4.78, 5) is 19.7. The van der Waals surface area contributed by atoms with E-state index in [1.54, 1.807) is 6.08 Å². The van der Waals surface area contributed by atoms with Gasteiger partial charge in [0.05, 0.1) is 30.3 Å². The van der Waals surface area contributed by atoms with Crippen molar-refractivity contribution < 1.29 is 9.53 Å². The lowest BCUT2D eigenvalue weighted by molar-refractivity contribution is -0.111. The maximum atomic E-state index is 12.4. The van der Waals surface area contributed by atoms with Gasteiger partial charge in [0.25, 0.3) is 0 Å². The molecule has 4 rings (SSSR count). The summed E-state index contributed by atoms with van der Waals surface area (Å²) in [5.74, 6) is -0.216. The molecule has 6 nitrogen and oxygen atoms in total. The number of hydrogen-bond acceptors (Lipinski definition) is 5. The van der Waals surface area contributed by atoms with Gasteiger partial charge >= 0.3 is 0 Å². The van der Waals surface area contributed by atoms with Crippen molar-refractivity contribution in [2.75, 3.05) is 36.5 Å². The predicted octanol–water partition coefficient (Wildman–Crippen LogP) is 3.54. The van der Waals surface area contributed by atoms with Crippen molar-refractivity contribution in [1.29, 1.82) is 0 Å². The van der Waals surface area contributed by atoms with Crippen molar-refractivity contribution in [1.82, 2.24) is 9.38 Å². The van der Waals surface area contributed by atoms with Crippen LogP contribution in [0.1, 0.15) is 5.69 Å². The number of anilines is 2. The lowest BCUT2D eigenvalue weighted by Gasteiger charge is -2.30. The molecule has 0 bridgehead atoms. The molecule has 1 aromatic carbocycles. The molecule has 0 spiro atoms. The van der Waals surface area contributed by atoms with Crippen LogP contribution >= 0.6 is 22.9 Å². The van der Waals surface area contributed by atoms with Crippen molar-refractivity contribution in [3.63, 3.8) is 0 Å². The monoisotopic (exact) mass is 388 g/mol. The predicted molar refractivity (Wildman–Crippen MR) is 105 cm³/mol.